The number of benzene rings is 1. The molecule has 1 saturated carbocycles. The van der Waals surface area contributed by atoms with E-state index in [4.69, 9.17) is 5.11 Å². The van der Waals surface area contributed by atoms with E-state index in [1.807, 2.05) is 6.07 Å². The first-order valence-electron chi connectivity index (χ1n) is 5.87. The molecule has 0 spiro atoms. The lowest BCUT2D eigenvalue weighted by molar-refractivity contribution is -0.140. The molecule has 0 heterocycles. The maximum atomic E-state index is 12.9. The van der Waals surface area contributed by atoms with Crippen molar-refractivity contribution < 1.29 is 14.3 Å². The lowest BCUT2D eigenvalue weighted by Crippen LogP contribution is -2.39. The predicted octanol–water partition coefficient (Wildman–Crippen LogP) is 1.82. The van der Waals surface area contributed by atoms with Crippen LogP contribution in [0.4, 0.5) is 4.39 Å². The van der Waals surface area contributed by atoms with E-state index in [0.29, 0.717) is 13.0 Å². The van der Waals surface area contributed by atoms with Crippen LogP contribution in [0.15, 0.2) is 24.3 Å². The fourth-order valence-corrected chi connectivity index (χ4v) is 1.95. The molecule has 3 nitrogen and oxygen atoms in total. The number of aliphatic carboxylic acids is 1. The Morgan fingerprint density at radius 2 is 2.29 bits per heavy atom. The van der Waals surface area contributed by atoms with Gasteiger partial charge < -0.3 is 10.4 Å². The second-order valence-corrected chi connectivity index (χ2v) is 4.49. The molecule has 1 unspecified atom stereocenters. The lowest BCUT2D eigenvalue weighted by Gasteiger charge is -2.13. The van der Waals surface area contributed by atoms with Crippen molar-refractivity contribution in [2.45, 2.75) is 25.3 Å². The third kappa shape index (κ3) is 3.53. The van der Waals surface area contributed by atoms with Gasteiger partial charge in [0, 0.05) is 0 Å². The summed E-state index contributed by atoms with van der Waals surface area (Å²) in [6.45, 7) is 0.566. The molecule has 2 rings (SSSR count). The summed E-state index contributed by atoms with van der Waals surface area (Å²) in [7, 11) is 0. The van der Waals surface area contributed by atoms with Crippen molar-refractivity contribution in [3.05, 3.63) is 35.6 Å². The number of nitrogens with one attached hydrogen (secondary N) is 1. The largest absolute Gasteiger partial charge is 0.480 e. The Hall–Kier alpha value is -1.42. The molecule has 0 aromatic heterocycles. The van der Waals surface area contributed by atoms with Crippen LogP contribution in [0.5, 0.6) is 0 Å². The third-order valence-corrected chi connectivity index (χ3v) is 3.03. The van der Waals surface area contributed by atoms with Crippen LogP contribution in [0.3, 0.4) is 0 Å². The molecule has 1 aromatic carbocycles. The molecule has 4 heteroatoms. The SMILES string of the molecule is O=C(O)C(NCCc1cccc(F)c1)C1CC1. The van der Waals surface area contributed by atoms with Gasteiger partial charge in [-0.05, 0) is 49.4 Å². The highest BCUT2D eigenvalue weighted by molar-refractivity contribution is 5.74. The molecule has 92 valence electrons. The summed E-state index contributed by atoms with van der Waals surface area (Å²) in [4.78, 5) is 11.0. The van der Waals surface area contributed by atoms with Crippen molar-refractivity contribution in [1.29, 1.82) is 0 Å². The van der Waals surface area contributed by atoms with Crippen LogP contribution in [0.2, 0.25) is 0 Å². The smallest absolute Gasteiger partial charge is 0.320 e. The van der Waals surface area contributed by atoms with Crippen molar-refractivity contribution in [3.8, 4) is 0 Å². The van der Waals surface area contributed by atoms with Crippen LogP contribution < -0.4 is 5.32 Å². The van der Waals surface area contributed by atoms with Crippen molar-refractivity contribution in [1.82, 2.24) is 5.32 Å². The molecule has 0 saturated heterocycles. The topological polar surface area (TPSA) is 49.3 Å². The lowest BCUT2D eigenvalue weighted by atomic mass is 10.1. The molecule has 0 amide bonds. The first-order chi connectivity index (χ1) is 8.16. The van der Waals surface area contributed by atoms with Crippen molar-refractivity contribution >= 4 is 5.97 Å². The second kappa shape index (κ2) is 5.27. The van der Waals surface area contributed by atoms with Gasteiger partial charge in [-0.2, -0.15) is 0 Å². The molecule has 1 aromatic rings. The van der Waals surface area contributed by atoms with E-state index >= 15 is 0 Å². The third-order valence-electron chi connectivity index (χ3n) is 3.03. The summed E-state index contributed by atoms with van der Waals surface area (Å²) in [5.41, 5.74) is 0.887. The van der Waals surface area contributed by atoms with Gasteiger partial charge in [0.2, 0.25) is 0 Å². The van der Waals surface area contributed by atoms with Gasteiger partial charge in [-0.3, -0.25) is 4.79 Å². The summed E-state index contributed by atoms with van der Waals surface area (Å²) in [5, 5.41) is 12.0. The Morgan fingerprint density at radius 1 is 1.53 bits per heavy atom. The molecule has 2 N–H and O–H groups in total. The molecule has 0 radical (unpaired) electrons. The normalized spacial score (nSPS) is 16.8. The van der Waals surface area contributed by atoms with E-state index in [0.717, 1.165) is 18.4 Å². The zero-order valence-corrected chi connectivity index (χ0v) is 9.53. The van der Waals surface area contributed by atoms with Gasteiger partial charge in [0.1, 0.15) is 11.9 Å². The maximum Gasteiger partial charge on any atom is 0.320 e. The highest BCUT2D eigenvalue weighted by Crippen LogP contribution is 2.32. The minimum absolute atomic E-state index is 0.250. The van der Waals surface area contributed by atoms with Crippen LogP contribution >= 0.6 is 0 Å². The molecule has 0 aliphatic heterocycles. The fraction of sp³-hybridized carbons (Fsp3) is 0.462. The van der Waals surface area contributed by atoms with Gasteiger partial charge in [-0.15, -0.1) is 0 Å². The molecule has 17 heavy (non-hydrogen) atoms. The number of hydrogen-bond donors (Lipinski definition) is 2. The molecule has 1 aliphatic rings. The van der Waals surface area contributed by atoms with Crippen molar-refractivity contribution in [2.24, 2.45) is 5.92 Å². The number of carboxylic acid groups (broad SMARTS) is 1. The maximum absolute atomic E-state index is 12.9. The number of halogens is 1. The van der Waals surface area contributed by atoms with Gasteiger partial charge in [-0.25, -0.2) is 4.39 Å². The van der Waals surface area contributed by atoms with Gasteiger partial charge in [0.05, 0.1) is 0 Å². The highest BCUT2D eigenvalue weighted by atomic mass is 19.1. The average molecular weight is 237 g/mol. The second-order valence-electron chi connectivity index (χ2n) is 4.49. The van der Waals surface area contributed by atoms with Gasteiger partial charge in [0.15, 0.2) is 0 Å². The zero-order chi connectivity index (χ0) is 12.3. The summed E-state index contributed by atoms with van der Waals surface area (Å²) in [5.74, 6) is -0.758. The Kier molecular flexibility index (Phi) is 3.74. The van der Waals surface area contributed by atoms with Gasteiger partial charge in [-0.1, -0.05) is 12.1 Å². The van der Waals surface area contributed by atoms with Crippen LogP contribution in [-0.4, -0.2) is 23.7 Å². The van der Waals surface area contributed by atoms with Crippen LogP contribution in [-0.2, 0) is 11.2 Å². The van der Waals surface area contributed by atoms with E-state index in [1.165, 1.54) is 12.1 Å². The fourth-order valence-electron chi connectivity index (χ4n) is 1.95. The summed E-state index contributed by atoms with van der Waals surface area (Å²) < 4.78 is 12.9. The van der Waals surface area contributed by atoms with Crippen molar-refractivity contribution in [3.63, 3.8) is 0 Å². The summed E-state index contributed by atoms with van der Waals surface area (Å²) in [6, 6.07) is 5.96. The van der Waals surface area contributed by atoms with E-state index in [9.17, 15) is 9.18 Å². The van der Waals surface area contributed by atoms with E-state index in [1.54, 1.807) is 6.07 Å². The van der Waals surface area contributed by atoms with E-state index in [2.05, 4.69) is 5.32 Å². The zero-order valence-electron chi connectivity index (χ0n) is 9.53. The molecular weight excluding hydrogens is 221 g/mol. The molecule has 1 atom stereocenters. The van der Waals surface area contributed by atoms with Crippen molar-refractivity contribution in [2.75, 3.05) is 6.54 Å². The number of rotatable bonds is 6. The first-order valence-corrected chi connectivity index (χ1v) is 5.87. The monoisotopic (exact) mass is 237 g/mol. The molecule has 1 aliphatic carbocycles. The Labute approximate surface area is 99.7 Å². The highest BCUT2D eigenvalue weighted by Gasteiger charge is 2.35. The summed E-state index contributed by atoms with van der Waals surface area (Å²) in [6.07, 6.45) is 2.63. The Bertz CT molecular complexity index is 404. The number of carbonyl (C=O) groups is 1. The minimum Gasteiger partial charge on any atom is -0.480 e. The molecule has 0 bridgehead atoms. The van der Waals surface area contributed by atoms with E-state index in [-0.39, 0.29) is 11.7 Å². The van der Waals surface area contributed by atoms with Crippen LogP contribution in [0, 0.1) is 11.7 Å². The van der Waals surface area contributed by atoms with E-state index < -0.39 is 12.0 Å². The molecular formula is C13H16FNO2. The standard InChI is InChI=1S/C13H16FNO2/c14-11-3-1-2-9(8-11)6-7-15-12(13(16)17)10-4-5-10/h1-3,8,10,12,15H,4-7H2,(H,16,17). The Morgan fingerprint density at radius 3 is 2.88 bits per heavy atom. The quantitative estimate of drug-likeness (QED) is 0.793. The number of carboxylic acids is 1. The van der Waals surface area contributed by atoms with Crippen LogP contribution in [0.25, 0.3) is 0 Å². The first kappa shape index (κ1) is 12.0. The summed E-state index contributed by atoms with van der Waals surface area (Å²) >= 11 is 0. The van der Waals surface area contributed by atoms with Gasteiger partial charge >= 0.3 is 5.97 Å². The predicted molar refractivity (Wildman–Crippen MR) is 62.3 cm³/mol. The average Bonchev–Trinajstić information content (AvgIpc) is 3.08. The van der Waals surface area contributed by atoms with Crippen LogP contribution in [0.1, 0.15) is 18.4 Å². The molecule has 1 fully saturated rings. The minimum atomic E-state index is -0.785. The van der Waals surface area contributed by atoms with Gasteiger partial charge in [0.25, 0.3) is 0 Å². The Balaban J connectivity index is 1.80. The number of hydrogen-bond acceptors (Lipinski definition) is 2.